The standard InChI is InChI=1S/C7H6ClFO2S/c1-11-6-4-2-3-5(9)7(6)12(8)10/h2-4H,1H3. The molecule has 0 heterocycles. The summed E-state index contributed by atoms with van der Waals surface area (Å²) in [5.74, 6) is -0.425. The molecule has 0 aromatic heterocycles. The molecule has 66 valence electrons. The van der Waals surface area contributed by atoms with Gasteiger partial charge in [-0.15, -0.1) is 0 Å². The molecule has 0 saturated carbocycles. The molecule has 0 aliphatic heterocycles. The van der Waals surface area contributed by atoms with E-state index in [0.717, 1.165) is 0 Å². The average molecular weight is 209 g/mol. The summed E-state index contributed by atoms with van der Waals surface area (Å²) in [4.78, 5) is -0.110. The van der Waals surface area contributed by atoms with Crippen LogP contribution in [0.5, 0.6) is 5.75 Å². The number of halogens is 2. The molecule has 0 aliphatic carbocycles. The van der Waals surface area contributed by atoms with Crippen LogP contribution in [0.1, 0.15) is 0 Å². The van der Waals surface area contributed by atoms with Crippen LogP contribution in [0.25, 0.3) is 0 Å². The smallest absolute Gasteiger partial charge is 0.154 e. The lowest BCUT2D eigenvalue weighted by Crippen LogP contribution is -1.94. The van der Waals surface area contributed by atoms with Gasteiger partial charge in [0.05, 0.1) is 7.11 Å². The molecular weight excluding hydrogens is 203 g/mol. The normalized spacial score (nSPS) is 12.6. The fourth-order valence-electron chi connectivity index (χ4n) is 0.806. The zero-order valence-corrected chi connectivity index (χ0v) is 7.79. The predicted molar refractivity (Wildman–Crippen MR) is 45.2 cm³/mol. The third-order valence-corrected chi connectivity index (χ3v) is 2.49. The van der Waals surface area contributed by atoms with Gasteiger partial charge >= 0.3 is 0 Å². The van der Waals surface area contributed by atoms with Gasteiger partial charge in [-0.05, 0) is 22.8 Å². The van der Waals surface area contributed by atoms with Crippen molar-refractivity contribution in [2.75, 3.05) is 7.11 Å². The molecule has 0 aliphatic rings. The van der Waals surface area contributed by atoms with E-state index in [1.54, 1.807) is 0 Å². The second-order valence-corrected chi connectivity index (χ2v) is 3.69. The third kappa shape index (κ3) is 1.76. The molecule has 0 amide bonds. The Hall–Kier alpha value is -0.610. The van der Waals surface area contributed by atoms with Crippen LogP contribution in [0.2, 0.25) is 0 Å². The second-order valence-electron chi connectivity index (χ2n) is 1.99. The Morgan fingerprint density at radius 2 is 2.25 bits per heavy atom. The maximum absolute atomic E-state index is 12.9. The Labute approximate surface area is 76.3 Å². The first-order valence-corrected chi connectivity index (χ1v) is 5.05. The van der Waals surface area contributed by atoms with Crippen molar-refractivity contribution >= 4 is 20.7 Å². The number of hydrogen-bond donors (Lipinski definition) is 0. The van der Waals surface area contributed by atoms with Crippen molar-refractivity contribution in [3.05, 3.63) is 24.0 Å². The van der Waals surface area contributed by atoms with Crippen LogP contribution in [-0.2, 0) is 10.0 Å². The first-order chi connectivity index (χ1) is 5.66. The highest BCUT2D eigenvalue weighted by Crippen LogP contribution is 2.26. The molecule has 0 spiro atoms. The van der Waals surface area contributed by atoms with Crippen LogP contribution >= 0.6 is 10.7 Å². The van der Waals surface area contributed by atoms with E-state index in [9.17, 15) is 8.60 Å². The number of rotatable bonds is 2. The SMILES string of the molecule is COc1cccc(F)c1S(=O)Cl. The predicted octanol–water partition coefficient (Wildman–Crippen LogP) is 2.10. The van der Waals surface area contributed by atoms with Gasteiger partial charge in [-0.25, -0.2) is 8.60 Å². The molecule has 5 heteroatoms. The molecule has 0 fully saturated rings. The van der Waals surface area contributed by atoms with Crippen LogP contribution in [-0.4, -0.2) is 11.3 Å². The molecule has 0 radical (unpaired) electrons. The second kappa shape index (κ2) is 3.87. The van der Waals surface area contributed by atoms with Gasteiger partial charge in [0.25, 0.3) is 0 Å². The minimum absolute atomic E-state index is 0.110. The molecular formula is C7H6ClFO2S. The Bertz CT molecular complexity index is 316. The maximum Gasteiger partial charge on any atom is 0.154 e. The lowest BCUT2D eigenvalue weighted by atomic mass is 10.3. The number of hydrogen-bond acceptors (Lipinski definition) is 2. The lowest BCUT2D eigenvalue weighted by molar-refractivity contribution is 0.397. The highest BCUT2D eigenvalue weighted by molar-refractivity contribution is 8.08. The van der Waals surface area contributed by atoms with Crippen molar-refractivity contribution in [3.63, 3.8) is 0 Å². The van der Waals surface area contributed by atoms with Gasteiger partial charge in [-0.3, -0.25) is 0 Å². The van der Waals surface area contributed by atoms with E-state index in [1.165, 1.54) is 25.3 Å². The summed E-state index contributed by atoms with van der Waals surface area (Å²) in [5, 5.41) is 0. The molecule has 1 unspecified atom stereocenters. The monoisotopic (exact) mass is 208 g/mol. The van der Waals surface area contributed by atoms with Crippen molar-refractivity contribution in [3.8, 4) is 5.75 Å². The van der Waals surface area contributed by atoms with E-state index in [2.05, 4.69) is 0 Å². The maximum atomic E-state index is 12.9. The molecule has 12 heavy (non-hydrogen) atoms. The summed E-state index contributed by atoms with van der Waals surface area (Å²) in [5.41, 5.74) is 0. The topological polar surface area (TPSA) is 26.3 Å². The first-order valence-electron chi connectivity index (χ1n) is 3.07. The van der Waals surface area contributed by atoms with Crippen molar-refractivity contribution < 1.29 is 13.3 Å². The number of methoxy groups -OCH3 is 1. The molecule has 0 bridgehead atoms. The Morgan fingerprint density at radius 1 is 1.58 bits per heavy atom. The van der Waals surface area contributed by atoms with E-state index >= 15 is 0 Å². The average Bonchev–Trinajstić information content (AvgIpc) is 2.03. The Morgan fingerprint density at radius 3 is 2.67 bits per heavy atom. The molecule has 2 nitrogen and oxygen atoms in total. The van der Waals surface area contributed by atoms with Gasteiger partial charge in [-0.1, -0.05) is 6.07 Å². The van der Waals surface area contributed by atoms with Crippen LogP contribution < -0.4 is 4.74 Å². The summed E-state index contributed by atoms with van der Waals surface area (Å²) in [6, 6.07) is 4.14. The zero-order valence-electron chi connectivity index (χ0n) is 6.21. The molecule has 1 aromatic rings. The summed E-state index contributed by atoms with van der Waals surface area (Å²) in [6.45, 7) is 0. The molecule has 1 aromatic carbocycles. The van der Waals surface area contributed by atoms with E-state index in [-0.39, 0.29) is 10.6 Å². The van der Waals surface area contributed by atoms with Gasteiger partial charge in [0.2, 0.25) is 0 Å². The van der Waals surface area contributed by atoms with Crippen molar-refractivity contribution in [2.24, 2.45) is 0 Å². The van der Waals surface area contributed by atoms with E-state index in [0.29, 0.717) is 0 Å². The quantitative estimate of drug-likeness (QED) is 0.696. The van der Waals surface area contributed by atoms with Crippen molar-refractivity contribution in [2.45, 2.75) is 4.90 Å². The van der Waals surface area contributed by atoms with Gasteiger partial charge in [0.1, 0.15) is 16.5 Å². The molecule has 0 N–H and O–H groups in total. The summed E-state index contributed by atoms with van der Waals surface area (Å²) in [7, 11) is 4.73. The Kier molecular flexibility index (Phi) is 3.05. The zero-order chi connectivity index (χ0) is 9.14. The fraction of sp³-hybridized carbons (Fsp3) is 0.143. The van der Waals surface area contributed by atoms with Crippen LogP contribution in [0.3, 0.4) is 0 Å². The van der Waals surface area contributed by atoms with Crippen molar-refractivity contribution in [1.29, 1.82) is 0 Å². The molecule has 0 saturated heterocycles. The van der Waals surface area contributed by atoms with E-state index in [1.807, 2.05) is 0 Å². The highest BCUT2D eigenvalue weighted by atomic mass is 35.7. The number of benzene rings is 1. The highest BCUT2D eigenvalue weighted by Gasteiger charge is 2.13. The van der Waals surface area contributed by atoms with E-state index < -0.39 is 15.8 Å². The minimum atomic E-state index is -1.88. The van der Waals surface area contributed by atoms with Gasteiger partial charge in [0, 0.05) is 0 Å². The van der Waals surface area contributed by atoms with Crippen LogP contribution in [0, 0.1) is 5.82 Å². The van der Waals surface area contributed by atoms with E-state index in [4.69, 9.17) is 15.4 Å². The third-order valence-electron chi connectivity index (χ3n) is 1.31. The summed E-state index contributed by atoms with van der Waals surface area (Å²) >= 11 is 0. The fourth-order valence-corrected chi connectivity index (χ4v) is 1.79. The summed E-state index contributed by atoms with van der Waals surface area (Å²) < 4.78 is 28.5. The van der Waals surface area contributed by atoms with Gasteiger partial charge < -0.3 is 4.74 Å². The van der Waals surface area contributed by atoms with Gasteiger partial charge in [-0.2, -0.15) is 0 Å². The van der Waals surface area contributed by atoms with Crippen molar-refractivity contribution in [1.82, 2.24) is 0 Å². The first kappa shape index (κ1) is 9.48. The number of ether oxygens (including phenoxy) is 1. The minimum Gasteiger partial charge on any atom is -0.495 e. The van der Waals surface area contributed by atoms with Crippen LogP contribution in [0.4, 0.5) is 4.39 Å². The largest absolute Gasteiger partial charge is 0.495 e. The van der Waals surface area contributed by atoms with Crippen LogP contribution in [0.15, 0.2) is 23.1 Å². The molecule has 1 rings (SSSR count). The van der Waals surface area contributed by atoms with Gasteiger partial charge in [0.15, 0.2) is 10.0 Å². The Balaban J connectivity index is 3.29. The lowest BCUT2D eigenvalue weighted by Gasteiger charge is -2.04. The summed E-state index contributed by atoms with van der Waals surface area (Å²) in [6.07, 6.45) is 0. The molecule has 1 atom stereocenters.